The van der Waals surface area contributed by atoms with Gasteiger partial charge in [0.1, 0.15) is 0 Å². The van der Waals surface area contributed by atoms with Crippen molar-refractivity contribution in [1.29, 1.82) is 0 Å². The van der Waals surface area contributed by atoms with Gasteiger partial charge in [-0.25, -0.2) is 4.99 Å². The number of para-hydroxylation sites is 1. The minimum absolute atomic E-state index is 0.194. The summed E-state index contributed by atoms with van der Waals surface area (Å²) in [4.78, 5) is 17.0. The van der Waals surface area contributed by atoms with Gasteiger partial charge in [0.2, 0.25) is 15.9 Å². The number of hydrogen-bond donors (Lipinski definition) is 3. The Bertz CT molecular complexity index is 1160. The Kier molecular flexibility index (Phi) is 4.79. The summed E-state index contributed by atoms with van der Waals surface area (Å²) in [6.07, 6.45) is -2.97. The normalized spacial score (nSPS) is 17.9. The first-order chi connectivity index (χ1) is 14.2. The number of benzene rings is 2. The van der Waals surface area contributed by atoms with E-state index in [9.17, 15) is 18.0 Å². The molecule has 3 aromatic rings. The summed E-state index contributed by atoms with van der Waals surface area (Å²) in [5, 5.41) is 10.5. The smallest absolute Gasteiger partial charge is 0.345 e. The minimum Gasteiger partial charge on any atom is -0.345 e. The van der Waals surface area contributed by atoms with Crippen molar-refractivity contribution >= 4 is 34.3 Å². The molecule has 0 aliphatic carbocycles. The number of halogens is 3. The maximum atomic E-state index is 12.7. The van der Waals surface area contributed by atoms with E-state index in [2.05, 4.69) is 25.8 Å². The van der Waals surface area contributed by atoms with Gasteiger partial charge < -0.3 is 5.32 Å². The molecule has 4 rings (SSSR count). The van der Waals surface area contributed by atoms with Gasteiger partial charge in [0, 0.05) is 28.6 Å². The first kappa shape index (κ1) is 20.0. The molecule has 2 aromatic carbocycles. The lowest BCUT2D eigenvalue weighted by atomic mass is 9.97. The average Bonchev–Trinajstić information content (AvgIpc) is 3.17. The van der Waals surface area contributed by atoms with E-state index in [1.165, 1.54) is 0 Å². The topological polar surface area (TPSA) is 105 Å². The zero-order chi connectivity index (χ0) is 21.5. The average molecular weight is 432 g/mol. The van der Waals surface area contributed by atoms with Crippen molar-refractivity contribution in [2.75, 3.05) is 10.6 Å². The second kappa shape index (κ2) is 7.18. The van der Waals surface area contributed by atoms with E-state index in [0.717, 1.165) is 16.8 Å². The van der Waals surface area contributed by atoms with Crippen molar-refractivity contribution < 1.29 is 18.0 Å². The molecule has 0 saturated carbocycles. The largest absolute Gasteiger partial charge is 0.445 e. The number of nitrogens with zero attached hydrogens (tertiary/aromatic N) is 3. The standard InChI is InChI=1S/C19H15F3N6OS/c1-10-6-7-11(15(29)25-17-28-27-16(30-17)18(20,21)22)8-13(10)19(23)24-9-12-4-2-3-5-14(12)26-19/h2-9,26H,23H2,1H3,(H,25,28,29). The van der Waals surface area contributed by atoms with Crippen molar-refractivity contribution in [3.05, 3.63) is 69.7 Å². The number of hydrogen-bond acceptors (Lipinski definition) is 7. The van der Waals surface area contributed by atoms with Crippen LogP contribution in [0.4, 0.5) is 24.0 Å². The molecule has 0 bridgehead atoms. The van der Waals surface area contributed by atoms with Crippen LogP contribution in [0.1, 0.15) is 32.1 Å². The van der Waals surface area contributed by atoms with E-state index >= 15 is 0 Å². The maximum Gasteiger partial charge on any atom is 0.445 e. The molecule has 154 valence electrons. The summed E-state index contributed by atoms with van der Waals surface area (Å²) in [6, 6.07) is 12.3. The number of fused-ring (bicyclic) bond motifs is 1. The van der Waals surface area contributed by atoms with E-state index in [0.29, 0.717) is 5.56 Å². The van der Waals surface area contributed by atoms with E-state index in [1.54, 1.807) is 24.4 Å². The summed E-state index contributed by atoms with van der Waals surface area (Å²) in [5.74, 6) is -1.94. The SMILES string of the molecule is Cc1ccc(C(=O)Nc2nnc(C(F)(F)F)s2)cc1C1(N)N=Cc2ccccc2N1. The highest BCUT2D eigenvalue weighted by molar-refractivity contribution is 7.15. The van der Waals surface area contributed by atoms with Crippen LogP contribution in [0.3, 0.4) is 0 Å². The number of aryl methyl sites for hydroxylation is 1. The molecule has 0 radical (unpaired) electrons. The zero-order valence-corrected chi connectivity index (χ0v) is 16.3. The summed E-state index contributed by atoms with van der Waals surface area (Å²) >= 11 is 0.250. The third-order valence-corrected chi connectivity index (χ3v) is 5.38. The van der Waals surface area contributed by atoms with Gasteiger partial charge >= 0.3 is 6.18 Å². The van der Waals surface area contributed by atoms with Crippen LogP contribution in [0, 0.1) is 6.92 Å². The lowest BCUT2D eigenvalue weighted by Gasteiger charge is -2.33. The highest BCUT2D eigenvalue weighted by atomic mass is 32.1. The molecule has 1 amide bonds. The van der Waals surface area contributed by atoms with E-state index in [1.807, 2.05) is 31.2 Å². The molecule has 11 heteroatoms. The molecular formula is C19H15F3N6OS. The van der Waals surface area contributed by atoms with Crippen molar-refractivity contribution in [1.82, 2.24) is 10.2 Å². The molecule has 1 aromatic heterocycles. The molecular weight excluding hydrogens is 417 g/mol. The summed E-state index contributed by atoms with van der Waals surface area (Å²) in [6.45, 7) is 1.82. The minimum atomic E-state index is -4.62. The number of alkyl halides is 3. The predicted octanol–water partition coefficient (Wildman–Crippen LogP) is 3.73. The van der Waals surface area contributed by atoms with Crippen molar-refractivity contribution in [3.8, 4) is 0 Å². The fourth-order valence-electron chi connectivity index (χ4n) is 3.00. The van der Waals surface area contributed by atoms with Crippen molar-refractivity contribution in [3.63, 3.8) is 0 Å². The predicted molar refractivity (Wildman–Crippen MR) is 108 cm³/mol. The van der Waals surface area contributed by atoms with Crippen LogP contribution in [0.15, 0.2) is 47.5 Å². The summed E-state index contributed by atoms with van der Waals surface area (Å²) in [7, 11) is 0. The molecule has 0 fully saturated rings. The number of carbonyl (C=O) groups excluding carboxylic acids is 1. The van der Waals surface area contributed by atoms with Gasteiger partial charge in [-0.1, -0.05) is 35.6 Å². The Morgan fingerprint density at radius 2 is 1.97 bits per heavy atom. The van der Waals surface area contributed by atoms with Gasteiger partial charge in [-0.3, -0.25) is 15.8 Å². The van der Waals surface area contributed by atoms with Crippen LogP contribution < -0.4 is 16.4 Å². The number of carbonyl (C=O) groups is 1. The highest BCUT2D eigenvalue weighted by Crippen LogP contribution is 2.34. The lowest BCUT2D eigenvalue weighted by molar-refractivity contribution is -0.138. The fraction of sp³-hybridized carbons (Fsp3) is 0.158. The number of anilines is 2. The summed E-state index contributed by atoms with van der Waals surface area (Å²) in [5.41, 5.74) is 9.68. The second-order valence-electron chi connectivity index (χ2n) is 6.63. The first-order valence-electron chi connectivity index (χ1n) is 8.70. The number of nitrogens with one attached hydrogen (secondary N) is 2. The van der Waals surface area contributed by atoms with Gasteiger partial charge in [0.05, 0.1) is 0 Å². The molecule has 1 aliphatic rings. The fourth-order valence-corrected chi connectivity index (χ4v) is 3.61. The molecule has 0 spiro atoms. The van der Waals surface area contributed by atoms with Gasteiger partial charge in [-0.05, 0) is 30.7 Å². The Morgan fingerprint density at radius 1 is 1.20 bits per heavy atom. The molecule has 0 saturated heterocycles. The molecule has 1 atom stereocenters. The van der Waals surface area contributed by atoms with Gasteiger partial charge in [-0.15, -0.1) is 10.2 Å². The van der Waals surface area contributed by atoms with Gasteiger partial charge in [0.15, 0.2) is 0 Å². The number of rotatable bonds is 3. The highest BCUT2D eigenvalue weighted by Gasteiger charge is 2.36. The van der Waals surface area contributed by atoms with Crippen LogP contribution in [0.5, 0.6) is 0 Å². The van der Waals surface area contributed by atoms with E-state index < -0.39 is 22.9 Å². The monoisotopic (exact) mass is 432 g/mol. The Hall–Kier alpha value is -3.31. The molecule has 1 unspecified atom stereocenters. The van der Waals surface area contributed by atoms with Gasteiger partial charge in [-0.2, -0.15) is 13.2 Å². The molecule has 4 N–H and O–H groups in total. The number of amides is 1. The Labute approximate surface area is 172 Å². The van der Waals surface area contributed by atoms with Crippen LogP contribution in [-0.4, -0.2) is 22.3 Å². The Balaban J connectivity index is 1.61. The van der Waals surface area contributed by atoms with E-state index in [4.69, 9.17) is 5.73 Å². The van der Waals surface area contributed by atoms with Crippen LogP contribution in [0.25, 0.3) is 0 Å². The molecule has 7 nitrogen and oxygen atoms in total. The molecule has 30 heavy (non-hydrogen) atoms. The zero-order valence-electron chi connectivity index (χ0n) is 15.5. The van der Waals surface area contributed by atoms with Crippen molar-refractivity contribution in [2.24, 2.45) is 10.7 Å². The molecule has 2 heterocycles. The lowest BCUT2D eigenvalue weighted by Crippen LogP contribution is -2.45. The second-order valence-corrected chi connectivity index (χ2v) is 7.61. The third-order valence-electron chi connectivity index (χ3n) is 4.49. The number of aromatic nitrogens is 2. The number of aliphatic imine (C=N–C) groups is 1. The maximum absolute atomic E-state index is 12.7. The van der Waals surface area contributed by atoms with Gasteiger partial charge in [0.25, 0.3) is 5.91 Å². The van der Waals surface area contributed by atoms with E-state index in [-0.39, 0.29) is 22.0 Å². The third kappa shape index (κ3) is 3.76. The first-order valence-corrected chi connectivity index (χ1v) is 9.52. The summed E-state index contributed by atoms with van der Waals surface area (Å²) < 4.78 is 38.0. The van der Waals surface area contributed by atoms with Crippen molar-refractivity contribution in [2.45, 2.75) is 18.9 Å². The van der Waals surface area contributed by atoms with Crippen LogP contribution >= 0.6 is 11.3 Å². The van der Waals surface area contributed by atoms with Crippen LogP contribution in [0.2, 0.25) is 0 Å². The Morgan fingerprint density at radius 3 is 2.70 bits per heavy atom. The quantitative estimate of drug-likeness (QED) is 0.585. The number of nitrogens with two attached hydrogens (primary N) is 1. The molecule has 1 aliphatic heterocycles. The van der Waals surface area contributed by atoms with Crippen LogP contribution in [-0.2, 0) is 12.0 Å².